The molecule has 0 aliphatic rings. The van der Waals surface area contributed by atoms with Crippen LogP contribution in [0.1, 0.15) is 6.92 Å². The van der Waals surface area contributed by atoms with Gasteiger partial charge in [-0.05, 0) is 6.92 Å². The molecule has 0 radical (unpaired) electrons. The highest BCUT2D eigenvalue weighted by atomic mass is 19.4. The van der Waals surface area contributed by atoms with Crippen LogP contribution in [-0.2, 0) is 14.4 Å². The molecule has 0 aliphatic carbocycles. The van der Waals surface area contributed by atoms with E-state index in [0.717, 1.165) is 10.9 Å². The lowest BCUT2D eigenvalue weighted by Gasteiger charge is -2.28. The van der Waals surface area contributed by atoms with Crippen LogP contribution in [0.15, 0.2) is 0 Å². The first-order chi connectivity index (χ1) is 12.3. The first-order valence-corrected chi connectivity index (χ1v) is 6.97. The molecule has 0 aromatic carbocycles. The molecule has 0 saturated heterocycles. The van der Waals surface area contributed by atoms with E-state index < -0.39 is 73.0 Å². The minimum atomic E-state index is -5.14. The van der Waals surface area contributed by atoms with E-state index in [0.29, 0.717) is 6.92 Å². The average molecular weight is 419 g/mol. The Bertz CT molecular complexity index is 518. The van der Waals surface area contributed by atoms with Gasteiger partial charge < -0.3 is 0 Å². The molecule has 0 heterocycles. The molecular weight excluding hydrogens is 405 g/mol. The summed E-state index contributed by atoms with van der Waals surface area (Å²) in [6, 6.07) is 0. The Hall–Kier alpha value is -2.22. The Morgan fingerprint density at radius 3 is 1.63 bits per heavy atom. The van der Waals surface area contributed by atoms with Crippen LogP contribution in [0.25, 0.3) is 0 Å². The van der Waals surface area contributed by atoms with E-state index in [-0.39, 0.29) is 0 Å². The molecule has 0 fully saturated rings. The SMILES string of the molecule is CC(C(=O)NN(NC(=O)C(C(F)F)C(F)F)C(=O)C(CF)CF)C(F)(F)F. The summed E-state index contributed by atoms with van der Waals surface area (Å²) in [6.07, 6.45) is -13.0. The predicted molar refractivity (Wildman–Crippen MR) is 69.3 cm³/mol. The number of hydrogen-bond acceptors (Lipinski definition) is 3. The summed E-state index contributed by atoms with van der Waals surface area (Å²) in [5.41, 5.74) is 2.12. The minimum absolute atomic E-state index is 0.308. The topological polar surface area (TPSA) is 78.5 Å². The van der Waals surface area contributed by atoms with Crippen molar-refractivity contribution in [1.29, 1.82) is 0 Å². The average Bonchev–Trinajstić information content (AvgIpc) is 2.52. The van der Waals surface area contributed by atoms with E-state index in [4.69, 9.17) is 0 Å². The predicted octanol–water partition coefficient (Wildman–Crippen LogP) is 1.78. The Balaban J connectivity index is 5.58. The Labute approximate surface area is 146 Å². The number of rotatable bonds is 7. The first kappa shape index (κ1) is 24.8. The summed E-state index contributed by atoms with van der Waals surface area (Å²) in [5.74, 6) is -14.6. The Kier molecular flexibility index (Phi) is 9.36. The normalized spacial score (nSPS) is 13.3. The van der Waals surface area contributed by atoms with Crippen LogP contribution in [0.4, 0.5) is 39.5 Å². The van der Waals surface area contributed by atoms with E-state index in [9.17, 15) is 53.9 Å². The lowest BCUT2D eigenvalue weighted by molar-refractivity contribution is -0.184. The van der Waals surface area contributed by atoms with Crippen LogP contribution in [0, 0.1) is 17.8 Å². The largest absolute Gasteiger partial charge is 0.400 e. The Morgan fingerprint density at radius 1 is 0.889 bits per heavy atom. The van der Waals surface area contributed by atoms with Crippen molar-refractivity contribution in [3.8, 4) is 0 Å². The minimum Gasteiger partial charge on any atom is -0.273 e. The molecule has 0 aliphatic heterocycles. The molecule has 0 aromatic rings. The molecule has 0 aromatic heterocycles. The molecule has 15 heteroatoms. The standard InChI is InChI=1S/C12H14F9N3O3/c1-4(12(19,20)21)9(25)22-24(11(27)5(2-13)3-14)23-10(26)6(7(15)16)8(17)18/h4-8H,2-3H2,1H3,(H,22,25)(H,23,26). The number of carbonyl (C=O) groups is 3. The van der Waals surface area contributed by atoms with Gasteiger partial charge in [0.15, 0.2) is 5.92 Å². The number of hydrazine groups is 2. The maximum absolute atomic E-state index is 12.6. The van der Waals surface area contributed by atoms with Crippen molar-refractivity contribution in [3.05, 3.63) is 0 Å². The van der Waals surface area contributed by atoms with Gasteiger partial charge in [0.2, 0.25) is 0 Å². The highest BCUT2D eigenvalue weighted by molar-refractivity contribution is 5.88. The van der Waals surface area contributed by atoms with E-state index in [1.54, 1.807) is 0 Å². The highest BCUT2D eigenvalue weighted by Gasteiger charge is 2.43. The first-order valence-electron chi connectivity index (χ1n) is 6.97. The molecule has 0 saturated carbocycles. The maximum atomic E-state index is 12.6. The van der Waals surface area contributed by atoms with Gasteiger partial charge in [-0.3, -0.25) is 23.2 Å². The molecule has 6 nitrogen and oxygen atoms in total. The number of amides is 3. The smallest absolute Gasteiger partial charge is 0.273 e. The quantitative estimate of drug-likeness (QED) is 0.488. The van der Waals surface area contributed by atoms with E-state index >= 15 is 0 Å². The van der Waals surface area contributed by atoms with Gasteiger partial charge in [0.25, 0.3) is 30.6 Å². The fourth-order valence-corrected chi connectivity index (χ4v) is 1.37. The summed E-state index contributed by atoms with van der Waals surface area (Å²) in [7, 11) is 0. The van der Waals surface area contributed by atoms with Gasteiger partial charge in [0.1, 0.15) is 19.3 Å². The Morgan fingerprint density at radius 2 is 1.30 bits per heavy atom. The van der Waals surface area contributed by atoms with Gasteiger partial charge in [0, 0.05) is 0 Å². The number of halogens is 9. The number of carbonyl (C=O) groups excluding carboxylic acids is 3. The third kappa shape index (κ3) is 7.13. The molecule has 3 amide bonds. The number of alkyl halides is 9. The molecule has 0 bridgehead atoms. The fourth-order valence-electron chi connectivity index (χ4n) is 1.37. The summed E-state index contributed by atoms with van der Waals surface area (Å²) in [4.78, 5) is 34.7. The van der Waals surface area contributed by atoms with Gasteiger partial charge in [-0.2, -0.15) is 18.3 Å². The second-order valence-electron chi connectivity index (χ2n) is 5.09. The van der Waals surface area contributed by atoms with E-state index in [1.165, 1.54) is 0 Å². The van der Waals surface area contributed by atoms with Gasteiger partial charge in [-0.1, -0.05) is 0 Å². The van der Waals surface area contributed by atoms with Crippen LogP contribution in [0.2, 0.25) is 0 Å². The zero-order valence-electron chi connectivity index (χ0n) is 13.4. The zero-order chi connectivity index (χ0) is 21.5. The van der Waals surface area contributed by atoms with Gasteiger partial charge in [-0.25, -0.2) is 28.4 Å². The van der Waals surface area contributed by atoms with E-state index in [2.05, 4.69) is 0 Å². The van der Waals surface area contributed by atoms with Gasteiger partial charge in [-0.15, -0.1) is 0 Å². The van der Waals surface area contributed by atoms with E-state index in [1.807, 2.05) is 0 Å². The highest BCUT2D eigenvalue weighted by Crippen LogP contribution is 2.26. The molecule has 27 heavy (non-hydrogen) atoms. The van der Waals surface area contributed by atoms with Crippen molar-refractivity contribution in [2.45, 2.75) is 26.0 Å². The molecule has 0 rings (SSSR count). The zero-order valence-corrected chi connectivity index (χ0v) is 13.4. The van der Waals surface area contributed by atoms with Crippen LogP contribution in [0.3, 0.4) is 0 Å². The second-order valence-corrected chi connectivity index (χ2v) is 5.09. The van der Waals surface area contributed by atoms with Crippen molar-refractivity contribution < 1.29 is 53.9 Å². The number of hydrogen-bond donors (Lipinski definition) is 2. The third-order valence-corrected chi connectivity index (χ3v) is 3.12. The van der Waals surface area contributed by atoms with Crippen molar-refractivity contribution in [2.75, 3.05) is 13.3 Å². The van der Waals surface area contributed by atoms with Crippen LogP contribution in [0.5, 0.6) is 0 Å². The fraction of sp³-hybridized carbons (Fsp3) is 0.750. The maximum Gasteiger partial charge on any atom is 0.400 e. The lowest BCUT2D eigenvalue weighted by atomic mass is 10.1. The molecule has 0 spiro atoms. The van der Waals surface area contributed by atoms with Gasteiger partial charge in [0.05, 0.1) is 5.92 Å². The van der Waals surface area contributed by atoms with Gasteiger partial charge >= 0.3 is 6.18 Å². The second kappa shape index (κ2) is 10.2. The monoisotopic (exact) mass is 419 g/mol. The van der Waals surface area contributed by atoms with Crippen LogP contribution < -0.4 is 10.9 Å². The molecule has 158 valence electrons. The summed E-state index contributed by atoms with van der Waals surface area (Å²) >= 11 is 0. The van der Waals surface area contributed by atoms with Crippen molar-refractivity contribution in [2.24, 2.45) is 17.8 Å². The van der Waals surface area contributed by atoms with Crippen LogP contribution >= 0.6 is 0 Å². The summed E-state index contributed by atoms with van der Waals surface area (Å²) < 4.78 is 113. The molecule has 2 N–H and O–H groups in total. The van der Waals surface area contributed by atoms with Crippen LogP contribution in [-0.4, -0.2) is 55.2 Å². The van der Waals surface area contributed by atoms with Crippen molar-refractivity contribution in [3.63, 3.8) is 0 Å². The third-order valence-electron chi connectivity index (χ3n) is 3.12. The lowest BCUT2D eigenvalue weighted by Crippen LogP contribution is -2.61. The molecule has 1 atom stereocenters. The molecule has 1 unspecified atom stereocenters. The number of nitrogens with zero attached hydrogens (tertiary/aromatic N) is 1. The van der Waals surface area contributed by atoms with Crippen molar-refractivity contribution in [1.82, 2.24) is 16.0 Å². The van der Waals surface area contributed by atoms with Crippen molar-refractivity contribution >= 4 is 17.7 Å². The number of nitrogens with one attached hydrogen (secondary N) is 2. The summed E-state index contributed by atoms with van der Waals surface area (Å²) in [5, 5.41) is -0.617. The molecular formula is C12H14F9N3O3. The summed E-state index contributed by atoms with van der Waals surface area (Å²) in [6.45, 7) is -3.19.